The summed E-state index contributed by atoms with van der Waals surface area (Å²) in [7, 11) is 0. The summed E-state index contributed by atoms with van der Waals surface area (Å²) in [5.41, 5.74) is 0.586. The third-order valence-electron chi connectivity index (χ3n) is 1.51. The van der Waals surface area contributed by atoms with Gasteiger partial charge in [-0.25, -0.2) is 0 Å². The van der Waals surface area contributed by atoms with E-state index >= 15 is 0 Å². The van der Waals surface area contributed by atoms with E-state index in [1.807, 2.05) is 0 Å². The number of carbonyl (C=O) groups is 2. The minimum absolute atomic E-state index is 0.0968. The molecule has 0 unspecified atom stereocenters. The van der Waals surface area contributed by atoms with Crippen molar-refractivity contribution in [2.24, 2.45) is 0 Å². The lowest BCUT2D eigenvalue weighted by molar-refractivity contribution is -0.122. The second kappa shape index (κ2) is 5.98. The molecule has 0 saturated carbocycles. The molecule has 0 fully saturated rings. The van der Waals surface area contributed by atoms with Gasteiger partial charge in [-0.3, -0.25) is 14.6 Å². The molecule has 15 heavy (non-hydrogen) atoms. The van der Waals surface area contributed by atoms with E-state index in [1.165, 1.54) is 6.20 Å². The minimum Gasteiger partial charge on any atom is -0.346 e. The summed E-state index contributed by atoms with van der Waals surface area (Å²) in [5.74, 6) is -0.848. The van der Waals surface area contributed by atoms with E-state index in [9.17, 15) is 9.59 Å². The van der Waals surface area contributed by atoms with Crippen LogP contribution in [-0.4, -0.2) is 29.2 Å². The van der Waals surface area contributed by atoms with Gasteiger partial charge in [-0.05, 0) is 12.1 Å². The van der Waals surface area contributed by atoms with E-state index in [1.54, 1.807) is 18.3 Å². The Hall–Kier alpha value is -1.62. The van der Waals surface area contributed by atoms with Crippen molar-refractivity contribution >= 4 is 29.1 Å². The molecule has 1 aromatic heterocycles. The lowest BCUT2D eigenvalue weighted by Gasteiger charge is -2.04. The normalized spacial score (nSPS) is 9.40. The van der Waals surface area contributed by atoms with Crippen molar-refractivity contribution in [1.82, 2.24) is 10.3 Å². The van der Waals surface area contributed by atoms with Crippen molar-refractivity contribution in [3.8, 4) is 0 Å². The van der Waals surface area contributed by atoms with Crippen molar-refractivity contribution in [2.45, 2.75) is 0 Å². The molecule has 1 heterocycles. The summed E-state index contributed by atoms with van der Waals surface area (Å²) in [6.07, 6.45) is 3.12. The van der Waals surface area contributed by atoms with Gasteiger partial charge in [-0.15, -0.1) is 11.6 Å². The first kappa shape index (κ1) is 11.5. The van der Waals surface area contributed by atoms with Gasteiger partial charge in [-0.1, -0.05) is 0 Å². The zero-order valence-electron chi connectivity index (χ0n) is 7.87. The van der Waals surface area contributed by atoms with Crippen LogP contribution < -0.4 is 10.6 Å². The van der Waals surface area contributed by atoms with Crippen LogP contribution in [0.5, 0.6) is 0 Å². The summed E-state index contributed by atoms with van der Waals surface area (Å²) in [4.78, 5) is 25.8. The predicted molar refractivity (Wildman–Crippen MR) is 56.6 cm³/mol. The molecule has 0 aliphatic heterocycles. The third-order valence-corrected chi connectivity index (χ3v) is 1.76. The first-order chi connectivity index (χ1) is 7.22. The standard InChI is InChI=1S/C9H10ClN3O2/c10-4-8(14)12-6-9(15)13-7-2-1-3-11-5-7/h1-3,5H,4,6H2,(H,12,14)(H,13,15). The second-order valence-electron chi connectivity index (χ2n) is 2.70. The molecule has 1 aromatic rings. The Balaban J connectivity index is 2.34. The van der Waals surface area contributed by atoms with Gasteiger partial charge in [0.15, 0.2) is 0 Å². The van der Waals surface area contributed by atoms with Gasteiger partial charge in [0.2, 0.25) is 11.8 Å². The van der Waals surface area contributed by atoms with Gasteiger partial charge in [0.05, 0.1) is 18.4 Å². The highest BCUT2D eigenvalue weighted by atomic mass is 35.5. The smallest absolute Gasteiger partial charge is 0.243 e. The van der Waals surface area contributed by atoms with Crippen LogP contribution in [0.1, 0.15) is 0 Å². The molecular weight excluding hydrogens is 218 g/mol. The fourth-order valence-corrected chi connectivity index (χ4v) is 0.962. The Kier molecular flexibility index (Phi) is 4.56. The molecule has 1 rings (SSSR count). The molecule has 0 atom stereocenters. The summed E-state index contributed by atoms with van der Waals surface area (Å²) in [6, 6.07) is 3.40. The number of rotatable bonds is 4. The highest BCUT2D eigenvalue weighted by Crippen LogP contribution is 2.01. The number of anilines is 1. The molecule has 2 N–H and O–H groups in total. The van der Waals surface area contributed by atoms with Gasteiger partial charge < -0.3 is 10.6 Å². The molecule has 80 valence electrons. The van der Waals surface area contributed by atoms with Gasteiger partial charge in [-0.2, -0.15) is 0 Å². The third kappa shape index (κ3) is 4.42. The molecule has 0 bridgehead atoms. The quantitative estimate of drug-likeness (QED) is 0.731. The Morgan fingerprint density at radius 1 is 1.40 bits per heavy atom. The van der Waals surface area contributed by atoms with Crippen LogP contribution in [0.4, 0.5) is 5.69 Å². The Morgan fingerprint density at radius 3 is 2.80 bits per heavy atom. The summed E-state index contributed by atoms with van der Waals surface area (Å²) in [5, 5.41) is 4.91. The van der Waals surface area contributed by atoms with E-state index in [-0.39, 0.29) is 24.2 Å². The number of alkyl halides is 1. The number of carbonyl (C=O) groups excluding carboxylic acids is 2. The molecule has 0 aliphatic rings. The summed E-state index contributed by atoms with van der Waals surface area (Å²) >= 11 is 5.24. The molecule has 6 heteroatoms. The van der Waals surface area contributed by atoms with Crippen LogP contribution in [0, 0.1) is 0 Å². The molecule has 0 spiro atoms. The second-order valence-corrected chi connectivity index (χ2v) is 2.97. The topological polar surface area (TPSA) is 71.1 Å². The van der Waals surface area contributed by atoms with Crippen LogP contribution in [0.15, 0.2) is 24.5 Å². The summed E-state index contributed by atoms with van der Waals surface area (Å²) < 4.78 is 0. The average molecular weight is 228 g/mol. The number of aromatic nitrogens is 1. The molecule has 2 amide bonds. The first-order valence-corrected chi connectivity index (χ1v) is 4.78. The number of amides is 2. The highest BCUT2D eigenvalue weighted by molar-refractivity contribution is 6.27. The Morgan fingerprint density at radius 2 is 2.20 bits per heavy atom. The zero-order chi connectivity index (χ0) is 11.1. The molecule has 0 radical (unpaired) electrons. The van der Waals surface area contributed by atoms with Gasteiger partial charge in [0.1, 0.15) is 5.88 Å². The number of pyridine rings is 1. The Bertz CT molecular complexity index is 342. The zero-order valence-corrected chi connectivity index (χ0v) is 8.62. The van der Waals surface area contributed by atoms with Crippen LogP contribution >= 0.6 is 11.6 Å². The predicted octanol–water partition coefficient (Wildman–Crippen LogP) is 0.375. The van der Waals surface area contributed by atoms with E-state index in [0.717, 1.165) is 0 Å². The van der Waals surface area contributed by atoms with Crippen molar-refractivity contribution in [2.75, 3.05) is 17.7 Å². The SMILES string of the molecule is O=C(CCl)NCC(=O)Nc1cccnc1. The Labute approximate surface area is 91.8 Å². The fourth-order valence-electron chi connectivity index (χ4n) is 0.868. The van der Waals surface area contributed by atoms with Gasteiger partial charge in [0.25, 0.3) is 0 Å². The van der Waals surface area contributed by atoms with Crippen molar-refractivity contribution < 1.29 is 9.59 Å². The fraction of sp³-hybridized carbons (Fsp3) is 0.222. The highest BCUT2D eigenvalue weighted by Gasteiger charge is 2.04. The van der Waals surface area contributed by atoms with E-state index in [0.29, 0.717) is 5.69 Å². The number of nitrogens with one attached hydrogen (secondary N) is 2. The molecule has 0 saturated heterocycles. The maximum absolute atomic E-state index is 11.2. The lowest BCUT2D eigenvalue weighted by atomic mass is 10.4. The van der Waals surface area contributed by atoms with Gasteiger partial charge in [0, 0.05) is 6.20 Å². The van der Waals surface area contributed by atoms with E-state index in [2.05, 4.69) is 15.6 Å². The molecule has 5 nitrogen and oxygen atoms in total. The largest absolute Gasteiger partial charge is 0.346 e. The van der Waals surface area contributed by atoms with Crippen molar-refractivity contribution in [3.05, 3.63) is 24.5 Å². The molecular formula is C9H10ClN3O2. The number of hydrogen-bond donors (Lipinski definition) is 2. The minimum atomic E-state index is -0.377. The maximum atomic E-state index is 11.2. The van der Waals surface area contributed by atoms with Crippen LogP contribution in [0.3, 0.4) is 0 Å². The van der Waals surface area contributed by atoms with E-state index < -0.39 is 0 Å². The van der Waals surface area contributed by atoms with E-state index in [4.69, 9.17) is 11.6 Å². The van der Waals surface area contributed by atoms with Crippen molar-refractivity contribution in [1.29, 1.82) is 0 Å². The van der Waals surface area contributed by atoms with Gasteiger partial charge >= 0.3 is 0 Å². The monoisotopic (exact) mass is 227 g/mol. The number of hydrogen-bond acceptors (Lipinski definition) is 3. The number of halogens is 1. The first-order valence-electron chi connectivity index (χ1n) is 4.25. The van der Waals surface area contributed by atoms with Crippen LogP contribution in [0.25, 0.3) is 0 Å². The van der Waals surface area contributed by atoms with Crippen molar-refractivity contribution in [3.63, 3.8) is 0 Å². The van der Waals surface area contributed by atoms with Crippen LogP contribution in [-0.2, 0) is 9.59 Å². The number of nitrogens with zero attached hydrogens (tertiary/aromatic N) is 1. The van der Waals surface area contributed by atoms with Crippen LogP contribution in [0.2, 0.25) is 0 Å². The molecule has 0 aliphatic carbocycles. The average Bonchev–Trinajstić information content (AvgIpc) is 2.27. The maximum Gasteiger partial charge on any atom is 0.243 e. The molecule has 0 aromatic carbocycles. The summed E-state index contributed by atoms with van der Waals surface area (Å²) in [6.45, 7) is -0.0968. The lowest BCUT2D eigenvalue weighted by Crippen LogP contribution is -2.33.